The van der Waals surface area contributed by atoms with Gasteiger partial charge in [0.15, 0.2) is 10.9 Å². The van der Waals surface area contributed by atoms with E-state index in [1.807, 2.05) is 98.6 Å². The molecule has 2 heterocycles. The van der Waals surface area contributed by atoms with Crippen molar-refractivity contribution in [3.05, 3.63) is 80.6 Å². The van der Waals surface area contributed by atoms with Crippen LogP contribution in [-0.4, -0.2) is 9.13 Å². The molecular formula is C25H24N2O2. The van der Waals surface area contributed by atoms with Gasteiger partial charge in [-0.05, 0) is 43.3 Å². The lowest BCUT2D eigenvalue weighted by atomic mass is 10.0. The molecule has 4 heteroatoms. The van der Waals surface area contributed by atoms with E-state index in [9.17, 15) is 9.59 Å². The van der Waals surface area contributed by atoms with Crippen molar-refractivity contribution in [2.75, 3.05) is 0 Å². The largest absolute Gasteiger partial charge is 0.343 e. The number of nitrogens with zero attached hydrogens (tertiary/aromatic N) is 2. The van der Waals surface area contributed by atoms with Crippen molar-refractivity contribution in [3.8, 4) is 0 Å². The van der Waals surface area contributed by atoms with Gasteiger partial charge in [-0.25, -0.2) is 0 Å². The zero-order valence-corrected chi connectivity index (χ0v) is 17.4. The van der Waals surface area contributed by atoms with Gasteiger partial charge < -0.3 is 9.13 Å². The first-order valence-electron chi connectivity index (χ1n) is 9.92. The van der Waals surface area contributed by atoms with Crippen molar-refractivity contribution in [1.82, 2.24) is 9.13 Å². The van der Waals surface area contributed by atoms with Gasteiger partial charge in [0.2, 0.25) is 0 Å². The normalized spacial score (nSPS) is 11.2. The highest BCUT2D eigenvalue weighted by molar-refractivity contribution is 6.03. The Morgan fingerprint density at radius 2 is 1.07 bits per heavy atom. The minimum Gasteiger partial charge on any atom is -0.343 e. The zero-order valence-electron chi connectivity index (χ0n) is 17.4. The Labute approximate surface area is 168 Å². The second kappa shape index (κ2) is 6.89. The first-order chi connectivity index (χ1) is 14.0. The summed E-state index contributed by atoms with van der Waals surface area (Å²) in [5.41, 5.74) is 4.34. The molecule has 0 atom stereocenters. The topological polar surface area (TPSA) is 44.0 Å². The third-order valence-corrected chi connectivity index (χ3v) is 5.59. The number of benzene rings is 3. The maximum absolute atomic E-state index is 13.2. The van der Waals surface area contributed by atoms with Crippen LogP contribution in [0.25, 0.3) is 43.6 Å². The summed E-state index contributed by atoms with van der Waals surface area (Å²) in [5.74, 6) is 0. The van der Waals surface area contributed by atoms with Crippen molar-refractivity contribution in [3.63, 3.8) is 0 Å². The number of fused-ring (bicyclic) bond motifs is 4. The standard InChI is InChI=1S/C23H18N2O2.C2H6/c1-13-8-9-19-15(10-13)23(27)17-12-20-16(11-21(17)25(19)3)22(26)14-6-4-5-7-18(14)24(20)2;1-2/h4-12H,1-3H3;1-2H3. The molecular weight excluding hydrogens is 360 g/mol. The minimum atomic E-state index is -0.00273. The van der Waals surface area contributed by atoms with Crippen molar-refractivity contribution >= 4 is 43.6 Å². The number of rotatable bonds is 0. The van der Waals surface area contributed by atoms with Gasteiger partial charge in [0, 0.05) is 35.6 Å². The minimum absolute atomic E-state index is 0.00273. The zero-order chi connectivity index (χ0) is 20.9. The lowest BCUT2D eigenvalue weighted by Crippen LogP contribution is -2.13. The smallest absolute Gasteiger partial charge is 0.197 e. The van der Waals surface area contributed by atoms with E-state index in [2.05, 4.69) is 0 Å². The van der Waals surface area contributed by atoms with Gasteiger partial charge in [-0.15, -0.1) is 0 Å². The molecule has 0 aliphatic carbocycles. The molecule has 0 spiro atoms. The summed E-state index contributed by atoms with van der Waals surface area (Å²) < 4.78 is 3.99. The average molecular weight is 384 g/mol. The fourth-order valence-corrected chi connectivity index (χ4v) is 4.13. The van der Waals surface area contributed by atoms with Gasteiger partial charge in [0.05, 0.1) is 22.1 Å². The van der Waals surface area contributed by atoms with E-state index in [-0.39, 0.29) is 10.9 Å². The van der Waals surface area contributed by atoms with Crippen LogP contribution in [0.15, 0.2) is 64.2 Å². The van der Waals surface area contributed by atoms with Crippen molar-refractivity contribution < 1.29 is 0 Å². The molecule has 0 amide bonds. The van der Waals surface area contributed by atoms with E-state index in [1.54, 1.807) is 0 Å². The number of hydrogen-bond acceptors (Lipinski definition) is 2. The molecule has 3 aromatic carbocycles. The van der Waals surface area contributed by atoms with Crippen molar-refractivity contribution in [1.29, 1.82) is 0 Å². The number of hydrogen-bond donors (Lipinski definition) is 0. The molecule has 146 valence electrons. The molecule has 2 aromatic heterocycles. The third-order valence-electron chi connectivity index (χ3n) is 5.59. The Bertz CT molecular complexity index is 1540. The fraction of sp³-hybridized carbons (Fsp3) is 0.200. The monoisotopic (exact) mass is 384 g/mol. The molecule has 5 rings (SSSR count). The predicted molar refractivity (Wildman–Crippen MR) is 123 cm³/mol. The number of para-hydroxylation sites is 1. The molecule has 0 bridgehead atoms. The summed E-state index contributed by atoms with van der Waals surface area (Å²) in [4.78, 5) is 26.3. The van der Waals surface area contributed by atoms with Crippen LogP contribution in [0.4, 0.5) is 0 Å². The molecule has 0 saturated carbocycles. The molecule has 0 saturated heterocycles. The molecule has 0 aliphatic heterocycles. The summed E-state index contributed by atoms with van der Waals surface area (Å²) in [6.45, 7) is 5.99. The second-order valence-corrected chi connectivity index (χ2v) is 7.20. The summed E-state index contributed by atoms with van der Waals surface area (Å²) in [6.07, 6.45) is 0. The highest BCUT2D eigenvalue weighted by Gasteiger charge is 2.14. The first-order valence-corrected chi connectivity index (χ1v) is 9.92. The van der Waals surface area contributed by atoms with Gasteiger partial charge in [0.1, 0.15) is 0 Å². The molecule has 29 heavy (non-hydrogen) atoms. The molecule has 0 radical (unpaired) electrons. The van der Waals surface area contributed by atoms with E-state index in [0.29, 0.717) is 21.5 Å². The van der Waals surface area contributed by atoms with Gasteiger partial charge in [-0.2, -0.15) is 0 Å². The van der Waals surface area contributed by atoms with E-state index in [4.69, 9.17) is 0 Å². The highest BCUT2D eigenvalue weighted by atomic mass is 16.1. The van der Waals surface area contributed by atoms with Gasteiger partial charge in [-0.1, -0.05) is 37.6 Å². The summed E-state index contributed by atoms with van der Waals surface area (Å²) in [6, 6.07) is 17.2. The van der Waals surface area contributed by atoms with Crippen LogP contribution in [0.3, 0.4) is 0 Å². The van der Waals surface area contributed by atoms with Crippen molar-refractivity contribution in [2.45, 2.75) is 20.8 Å². The molecule has 0 unspecified atom stereocenters. The third kappa shape index (κ3) is 2.67. The maximum atomic E-state index is 13.2. The molecule has 4 nitrogen and oxygen atoms in total. The van der Waals surface area contributed by atoms with Crippen LogP contribution in [0.5, 0.6) is 0 Å². The predicted octanol–water partition coefficient (Wildman–Crippen LogP) is 5.03. The average Bonchev–Trinajstić information content (AvgIpc) is 2.76. The van der Waals surface area contributed by atoms with Gasteiger partial charge in [0.25, 0.3) is 0 Å². The highest BCUT2D eigenvalue weighted by Crippen LogP contribution is 2.25. The Kier molecular flexibility index (Phi) is 4.50. The molecule has 5 aromatic rings. The SMILES string of the molecule is CC.Cc1ccc2c(c1)c(=O)c1cc3c(cc1n2C)c(=O)c1ccccc1n3C. The molecule has 0 fully saturated rings. The summed E-state index contributed by atoms with van der Waals surface area (Å²) in [5, 5.41) is 2.65. The number of aryl methyl sites for hydroxylation is 3. The second-order valence-electron chi connectivity index (χ2n) is 7.20. The fourth-order valence-electron chi connectivity index (χ4n) is 4.13. The van der Waals surface area contributed by atoms with Crippen LogP contribution < -0.4 is 10.9 Å². The van der Waals surface area contributed by atoms with E-state index < -0.39 is 0 Å². The lowest BCUT2D eigenvalue weighted by molar-refractivity contribution is 0.993. The first kappa shape index (κ1) is 18.9. The van der Waals surface area contributed by atoms with Crippen LogP contribution in [0.2, 0.25) is 0 Å². The quantitative estimate of drug-likeness (QED) is 0.351. The Morgan fingerprint density at radius 3 is 1.69 bits per heavy atom. The van der Waals surface area contributed by atoms with Gasteiger partial charge in [-0.3, -0.25) is 9.59 Å². The van der Waals surface area contributed by atoms with Crippen molar-refractivity contribution in [2.24, 2.45) is 14.1 Å². The Balaban J connectivity index is 0.000000994. The van der Waals surface area contributed by atoms with E-state index in [1.165, 1.54) is 0 Å². The van der Waals surface area contributed by atoms with Crippen LogP contribution in [0, 0.1) is 6.92 Å². The molecule has 0 N–H and O–H groups in total. The van der Waals surface area contributed by atoms with Crippen LogP contribution in [-0.2, 0) is 14.1 Å². The van der Waals surface area contributed by atoms with E-state index in [0.717, 1.165) is 27.6 Å². The summed E-state index contributed by atoms with van der Waals surface area (Å²) in [7, 11) is 3.88. The van der Waals surface area contributed by atoms with Crippen LogP contribution >= 0.6 is 0 Å². The maximum Gasteiger partial charge on any atom is 0.197 e. The van der Waals surface area contributed by atoms with E-state index >= 15 is 0 Å². The molecule has 0 aliphatic rings. The number of aromatic nitrogens is 2. The van der Waals surface area contributed by atoms with Crippen LogP contribution in [0.1, 0.15) is 19.4 Å². The number of pyridine rings is 2. The Hall–Kier alpha value is -3.40. The lowest BCUT2D eigenvalue weighted by Gasteiger charge is -2.14. The summed E-state index contributed by atoms with van der Waals surface area (Å²) >= 11 is 0. The Morgan fingerprint density at radius 1 is 0.586 bits per heavy atom. The van der Waals surface area contributed by atoms with Gasteiger partial charge >= 0.3 is 0 Å².